The molecule has 1 saturated heterocycles. The molecule has 37 heavy (non-hydrogen) atoms. The van der Waals surface area contributed by atoms with E-state index in [1.165, 1.54) is 50.9 Å². The van der Waals surface area contributed by atoms with E-state index in [1.54, 1.807) is 30.3 Å². The molecule has 3 aromatic carbocycles. The molecule has 196 valence electrons. The second-order valence-corrected chi connectivity index (χ2v) is 10.8. The molecule has 1 N–H and O–H groups in total. The second kappa shape index (κ2) is 11.6. The monoisotopic (exact) mass is 523 g/mol. The summed E-state index contributed by atoms with van der Waals surface area (Å²) in [7, 11) is -1.17. The number of sulfonamides is 1. The van der Waals surface area contributed by atoms with Crippen molar-refractivity contribution < 1.29 is 22.7 Å². The zero-order valence-corrected chi connectivity index (χ0v) is 22.2. The van der Waals surface area contributed by atoms with Crippen molar-refractivity contribution in [1.29, 1.82) is 0 Å². The third-order valence-corrected chi connectivity index (χ3v) is 8.29. The van der Waals surface area contributed by atoms with Crippen molar-refractivity contribution in [3.8, 4) is 11.5 Å². The highest BCUT2D eigenvalue weighted by Crippen LogP contribution is 2.32. The Morgan fingerprint density at radius 2 is 1.59 bits per heavy atom. The van der Waals surface area contributed by atoms with Crippen LogP contribution in [0.15, 0.2) is 77.7 Å². The number of hydrogen-bond acceptors (Lipinski definition) is 6. The van der Waals surface area contributed by atoms with E-state index in [2.05, 4.69) is 22.3 Å². The molecule has 8 nitrogen and oxygen atoms in total. The lowest BCUT2D eigenvalue weighted by atomic mass is 10.1. The Morgan fingerprint density at radius 1 is 0.946 bits per heavy atom. The SMILES string of the molecule is COc1ccc(S(=O)(=O)N(CC(=O)NC(C)c2ccc(N3CCCC3)cc2)c2ccccc2)cc1OC. The minimum Gasteiger partial charge on any atom is -0.493 e. The van der Waals surface area contributed by atoms with E-state index in [0.29, 0.717) is 11.4 Å². The molecule has 3 aromatic rings. The summed E-state index contributed by atoms with van der Waals surface area (Å²) >= 11 is 0. The van der Waals surface area contributed by atoms with Gasteiger partial charge in [-0.1, -0.05) is 30.3 Å². The predicted molar refractivity (Wildman–Crippen MR) is 145 cm³/mol. The topological polar surface area (TPSA) is 88.2 Å². The van der Waals surface area contributed by atoms with E-state index < -0.39 is 15.9 Å². The van der Waals surface area contributed by atoms with E-state index in [0.717, 1.165) is 23.0 Å². The number of rotatable bonds is 10. The van der Waals surface area contributed by atoms with Gasteiger partial charge in [0.15, 0.2) is 11.5 Å². The zero-order valence-electron chi connectivity index (χ0n) is 21.4. The lowest BCUT2D eigenvalue weighted by Gasteiger charge is -2.25. The summed E-state index contributed by atoms with van der Waals surface area (Å²) in [5, 5.41) is 2.95. The molecule has 1 aliphatic rings. The van der Waals surface area contributed by atoms with Gasteiger partial charge in [0.05, 0.1) is 30.8 Å². The summed E-state index contributed by atoms with van der Waals surface area (Å²) < 4.78 is 39.0. The molecule has 9 heteroatoms. The maximum Gasteiger partial charge on any atom is 0.264 e. The van der Waals surface area contributed by atoms with E-state index >= 15 is 0 Å². The van der Waals surface area contributed by atoms with Gasteiger partial charge in [0.25, 0.3) is 10.0 Å². The van der Waals surface area contributed by atoms with Crippen molar-refractivity contribution in [1.82, 2.24) is 5.32 Å². The number of ether oxygens (including phenoxy) is 2. The van der Waals surface area contributed by atoms with Crippen LogP contribution in [0.25, 0.3) is 0 Å². The van der Waals surface area contributed by atoms with Gasteiger partial charge in [0, 0.05) is 24.8 Å². The first-order valence-electron chi connectivity index (χ1n) is 12.3. The maximum atomic E-state index is 13.7. The highest BCUT2D eigenvalue weighted by Gasteiger charge is 2.29. The molecular weight excluding hydrogens is 490 g/mol. The molecule has 0 bridgehead atoms. The first-order chi connectivity index (χ1) is 17.8. The van der Waals surface area contributed by atoms with Crippen molar-refractivity contribution >= 4 is 27.3 Å². The number of methoxy groups -OCH3 is 2. The van der Waals surface area contributed by atoms with Crippen molar-refractivity contribution in [2.45, 2.75) is 30.7 Å². The Morgan fingerprint density at radius 3 is 2.22 bits per heavy atom. The predicted octanol–water partition coefficient (Wildman–Crippen LogP) is 4.38. The number of benzene rings is 3. The number of nitrogens with zero attached hydrogens (tertiary/aromatic N) is 2. The number of hydrogen-bond donors (Lipinski definition) is 1. The van der Waals surface area contributed by atoms with Crippen molar-refractivity contribution in [3.63, 3.8) is 0 Å². The van der Waals surface area contributed by atoms with Crippen LogP contribution >= 0.6 is 0 Å². The molecule has 1 fully saturated rings. The van der Waals surface area contributed by atoms with Crippen LogP contribution in [0.5, 0.6) is 11.5 Å². The summed E-state index contributed by atoms with van der Waals surface area (Å²) in [5.74, 6) is 0.283. The molecule has 0 aromatic heterocycles. The van der Waals surface area contributed by atoms with Crippen molar-refractivity contribution in [2.24, 2.45) is 0 Å². The standard InChI is InChI=1S/C28H33N3O5S/c1-21(22-11-13-23(14-12-22)30-17-7-8-18-30)29-28(32)20-31(24-9-5-4-6-10-24)37(33,34)25-15-16-26(35-2)27(19-25)36-3/h4-6,9-16,19,21H,7-8,17-18,20H2,1-3H3,(H,29,32). The average Bonchev–Trinajstić information content (AvgIpc) is 3.47. The van der Waals surface area contributed by atoms with Gasteiger partial charge in [-0.3, -0.25) is 9.10 Å². The summed E-state index contributed by atoms with van der Waals surface area (Å²) in [5.41, 5.74) is 2.51. The first kappa shape index (κ1) is 26.3. The molecule has 0 aliphatic carbocycles. The van der Waals surface area contributed by atoms with E-state index in [1.807, 2.05) is 19.1 Å². The van der Waals surface area contributed by atoms with Gasteiger partial charge in [0.1, 0.15) is 6.54 Å². The van der Waals surface area contributed by atoms with E-state index in [4.69, 9.17) is 9.47 Å². The van der Waals surface area contributed by atoms with Gasteiger partial charge in [-0.2, -0.15) is 0 Å². The third kappa shape index (κ3) is 5.99. The summed E-state index contributed by atoms with van der Waals surface area (Å²) in [6, 6.07) is 20.8. The zero-order chi connectivity index (χ0) is 26.4. The fraction of sp³-hybridized carbons (Fsp3) is 0.321. The minimum absolute atomic E-state index is 0.00708. The van der Waals surface area contributed by atoms with Crippen LogP contribution < -0.4 is 24.0 Å². The second-order valence-electron chi connectivity index (χ2n) is 8.94. The molecule has 0 spiro atoms. The summed E-state index contributed by atoms with van der Waals surface area (Å²) in [6.45, 7) is 3.64. The van der Waals surface area contributed by atoms with Crippen LogP contribution in [0.4, 0.5) is 11.4 Å². The van der Waals surface area contributed by atoms with Crippen LogP contribution in [0.1, 0.15) is 31.4 Å². The molecule has 0 saturated carbocycles. The number of amides is 1. The van der Waals surface area contributed by atoms with E-state index in [9.17, 15) is 13.2 Å². The van der Waals surface area contributed by atoms with Crippen molar-refractivity contribution in [3.05, 3.63) is 78.4 Å². The number of carbonyl (C=O) groups excluding carboxylic acids is 1. The lowest BCUT2D eigenvalue weighted by Crippen LogP contribution is -2.41. The van der Waals surface area contributed by atoms with Crippen LogP contribution in [0, 0.1) is 0 Å². The first-order valence-corrected chi connectivity index (χ1v) is 13.7. The van der Waals surface area contributed by atoms with Gasteiger partial charge < -0.3 is 19.7 Å². The Balaban J connectivity index is 1.54. The quantitative estimate of drug-likeness (QED) is 0.425. The lowest BCUT2D eigenvalue weighted by molar-refractivity contribution is -0.120. The van der Waals surface area contributed by atoms with Crippen LogP contribution in [0.3, 0.4) is 0 Å². The summed E-state index contributed by atoms with van der Waals surface area (Å²) in [4.78, 5) is 15.5. The van der Waals surface area contributed by atoms with Crippen LogP contribution in [-0.2, 0) is 14.8 Å². The Hall–Kier alpha value is -3.72. The number of carbonyl (C=O) groups is 1. The molecule has 1 unspecified atom stereocenters. The summed E-state index contributed by atoms with van der Waals surface area (Å²) in [6.07, 6.45) is 2.41. The van der Waals surface area contributed by atoms with Gasteiger partial charge >= 0.3 is 0 Å². The minimum atomic E-state index is -4.09. The van der Waals surface area contributed by atoms with Gasteiger partial charge in [-0.25, -0.2) is 8.42 Å². The highest BCUT2D eigenvalue weighted by atomic mass is 32.2. The molecule has 0 radical (unpaired) electrons. The third-order valence-electron chi connectivity index (χ3n) is 6.52. The fourth-order valence-corrected chi connectivity index (χ4v) is 5.90. The van der Waals surface area contributed by atoms with Gasteiger partial charge in [-0.05, 0) is 61.7 Å². The number of para-hydroxylation sites is 1. The van der Waals surface area contributed by atoms with Crippen LogP contribution in [-0.4, -0.2) is 48.2 Å². The molecule has 4 rings (SSSR count). The average molecular weight is 524 g/mol. The smallest absolute Gasteiger partial charge is 0.264 e. The largest absolute Gasteiger partial charge is 0.493 e. The van der Waals surface area contributed by atoms with E-state index in [-0.39, 0.29) is 23.2 Å². The van der Waals surface area contributed by atoms with Gasteiger partial charge in [0.2, 0.25) is 5.91 Å². The number of nitrogens with one attached hydrogen (secondary N) is 1. The van der Waals surface area contributed by atoms with Gasteiger partial charge in [-0.15, -0.1) is 0 Å². The Kier molecular flexibility index (Phi) is 8.23. The molecular formula is C28H33N3O5S. The van der Waals surface area contributed by atoms with Crippen LogP contribution in [0.2, 0.25) is 0 Å². The Bertz CT molecular complexity index is 1310. The molecule has 1 heterocycles. The molecule has 1 aliphatic heterocycles. The highest BCUT2D eigenvalue weighted by molar-refractivity contribution is 7.92. The fourth-order valence-electron chi connectivity index (χ4n) is 4.46. The van der Waals surface area contributed by atoms with Crippen molar-refractivity contribution in [2.75, 3.05) is 43.1 Å². The normalized spacial score (nSPS) is 14.2. The maximum absolute atomic E-state index is 13.7. The molecule has 1 atom stereocenters. The molecule has 1 amide bonds. The number of anilines is 2. The Labute approximate surface area is 218 Å².